The van der Waals surface area contributed by atoms with Gasteiger partial charge in [-0.25, -0.2) is 4.79 Å². The number of nitrogens with zero attached hydrogens (tertiary/aromatic N) is 1. The van der Waals surface area contributed by atoms with Gasteiger partial charge in [0.1, 0.15) is 5.60 Å². The Bertz CT molecular complexity index is 312. The van der Waals surface area contributed by atoms with Crippen molar-refractivity contribution in [2.75, 3.05) is 13.1 Å². The van der Waals surface area contributed by atoms with Crippen LogP contribution in [-0.2, 0) is 4.74 Å². The molecule has 1 saturated heterocycles. The third kappa shape index (κ3) is 4.04. The van der Waals surface area contributed by atoms with E-state index in [9.17, 15) is 18.0 Å². The molecular formula is C11H19F3N2O2. The number of nitrogens with two attached hydrogens (primary N) is 1. The molecule has 1 rings (SSSR count). The Morgan fingerprint density at radius 3 is 2.33 bits per heavy atom. The second kappa shape index (κ2) is 4.95. The van der Waals surface area contributed by atoms with E-state index in [0.717, 1.165) is 4.90 Å². The minimum absolute atomic E-state index is 0.128. The largest absolute Gasteiger partial charge is 0.444 e. The minimum Gasteiger partial charge on any atom is -0.444 e. The first-order valence-electron chi connectivity index (χ1n) is 5.81. The van der Waals surface area contributed by atoms with Gasteiger partial charge in [-0.2, -0.15) is 13.2 Å². The Hall–Kier alpha value is -0.980. The lowest BCUT2D eigenvalue weighted by molar-refractivity contribution is -0.189. The van der Waals surface area contributed by atoms with Crippen LogP contribution in [-0.4, -0.2) is 41.9 Å². The summed E-state index contributed by atoms with van der Waals surface area (Å²) in [7, 11) is 0. The maximum Gasteiger partial charge on any atom is 0.410 e. The van der Waals surface area contributed by atoms with E-state index in [1.807, 2.05) is 0 Å². The number of rotatable bonds is 0. The van der Waals surface area contributed by atoms with Crippen LogP contribution >= 0.6 is 0 Å². The van der Waals surface area contributed by atoms with E-state index in [1.54, 1.807) is 20.8 Å². The smallest absolute Gasteiger partial charge is 0.410 e. The van der Waals surface area contributed by atoms with Crippen molar-refractivity contribution in [1.82, 2.24) is 4.90 Å². The number of piperidine rings is 1. The summed E-state index contributed by atoms with van der Waals surface area (Å²) in [4.78, 5) is 12.8. The molecule has 0 aromatic heterocycles. The molecule has 1 fully saturated rings. The zero-order chi connectivity index (χ0) is 14.1. The maximum atomic E-state index is 12.7. The zero-order valence-electron chi connectivity index (χ0n) is 10.8. The molecular weight excluding hydrogens is 249 g/mol. The van der Waals surface area contributed by atoms with Gasteiger partial charge >= 0.3 is 12.3 Å². The molecule has 1 amide bonds. The Morgan fingerprint density at radius 1 is 1.33 bits per heavy atom. The predicted molar refractivity (Wildman–Crippen MR) is 59.9 cm³/mol. The number of hydrogen-bond acceptors (Lipinski definition) is 3. The van der Waals surface area contributed by atoms with Gasteiger partial charge in [0.15, 0.2) is 0 Å². The molecule has 0 radical (unpaired) electrons. The summed E-state index contributed by atoms with van der Waals surface area (Å²) < 4.78 is 43.2. The molecule has 4 nitrogen and oxygen atoms in total. The van der Waals surface area contributed by atoms with Crippen molar-refractivity contribution < 1.29 is 22.7 Å². The molecule has 0 aromatic carbocycles. The van der Waals surface area contributed by atoms with Gasteiger partial charge < -0.3 is 15.4 Å². The van der Waals surface area contributed by atoms with Gasteiger partial charge in [-0.05, 0) is 27.2 Å². The SMILES string of the molecule is CC(C)(C)OC(=O)N1CC[C@@H](N)C(C(F)(F)F)C1. The van der Waals surface area contributed by atoms with Gasteiger partial charge in [-0.1, -0.05) is 0 Å². The molecule has 2 N–H and O–H groups in total. The van der Waals surface area contributed by atoms with Crippen molar-refractivity contribution in [3.63, 3.8) is 0 Å². The fraction of sp³-hybridized carbons (Fsp3) is 0.909. The predicted octanol–water partition coefficient (Wildman–Crippen LogP) is 2.13. The van der Waals surface area contributed by atoms with Crippen LogP contribution in [0.4, 0.5) is 18.0 Å². The lowest BCUT2D eigenvalue weighted by Crippen LogP contribution is -2.54. The average molecular weight is 268 g/mol. The molecule has 1 unspecified atom stereocenters. The summed E-state index contributed by atoms with van der Waals surface area (Å²) in [5.41, 5.74) is 4.74. The van der Waals surface area contributed by atoms with Gasteiger partial charge in [0.2, 0.25) is 0 Å². The number of ether oxygens (including phenoxy) is 1. The van der Waals surface area contributed by atoms with Crippen molar-refractivity contribution in [3.05, 3.63) is 0 Å². The highest BCUT2D eigenvalue weighted by Crippen LogP contribution is 2.33. The van der Waals surface area contributed by atoms with E-state index in [2.05, 4.69) is 0 Å². The molecule has 0 saturated carbocycles. The Balaban J connectivity index is 2.68. The second-order valence-electron chi connectivity index (χ2n) is 5.53. The van der Waals surface area contributed by atoms with Crippen LogP contribution in [0.3, 0.4) is 0 Å². The van der Waals surface area contributed by atoms with Crippen LogP contribution < -0.4 is 5.73 Å². The second-order valence-corrected chi connectivity index (χ2v) is 5.53. The third-order valence-electron chi connectivity index (χ3n) is 2.74. The van der Waals surface area contributed by atoms with E-state index >= 15 is 0 Å². The number of likely N-dealkylation sites (tertiary alicyclic amines) is 1. The Kier molecular flexibility index (Phi) is 4.15. The topological polar surface area (TPSA) is 55.6 Å². The molecule has 2 atom stereocenters. The van der Waals surface area contributed by atoms with E-state index in [4.69, 9.17) is 10.5 Å². The van der Waals surface area contributed by atoms with Crippen LogP contribution in [0.25, 0.3) is 0 Å². The summed E-state index contributed by atoms with van der Waals surface area (Å²) in [6.07, 6.45) is -4.98. The van der Waals surface area contributed by atoms with Crippen molar-refractivity contribution >= 4 is 6.09 Å². The third-order valence-corrected chi connectivity index (χ3v) is 2.74. The van der Waals surface area contributed by atoms with Crippen LogP contribution in [0.5, 0.6) is 0 Å². The first-order chi connectivity index (χ1) is 8.00. The fourth-order valence-corrected chi connectivity index (χ4v) is 1.81. The van der Waals surface area contributed by atoms with Gasteiger partial charge in [0.05, 0.1) is 5.92 Å². The number of alkyl halides is 3. The molecule has 0 aromatic rings. The molecule has 0 spiro atoms. The molecule has 0 bridgehead atoms. The lowest BCUT2D eigenvalue weighted by Gasteiger charge is -2.38. The van der Waals surface area contributed by atoms with Gasteiger partial charge in [0.25, 0.3) is 0 Å². The molecule has 1 aliphatic rings. The highest BCUT2D eigenvalue weighted by atomic mass is 19.4. The lowest BCUT2D eigenvalue weighted by atomic mass is 9.92. The monoisotopic (exact) mass is 268 g/mol. The van der Waals surface area contributed by atoms with Gasteiger partial charge in [0, 0.05) is 19.1 Å². The number of carbonyl (C=O) groups is 1. The summed E-state index contributed by atoms with van der Waals surface area (Å²) in [5, 5.41) is 0. The number of amides is 1. The highest BCUT2D eigenvalue weighted by molar-refractivity contribution is 5.68. The molecule has 106 valence electrons. The summed E-state index contributed by atoms with van der Waals surface area (Å²) in [6.45, 7) is 4.77. The number of hydrogen-bond donors (Lipinski definition) is 1. The highest BCUT2D eigenvalue weighted by Gasteiger charge is 2.47. The van der Waals surface area contributed by atoms with Gasteiger partial charge in [-0.15, -0.1) is 0 Å². The van der Waals surface area contributed by atoms with Gasteiger partial charge in [-0.3, -0.25) is 0 Å². The molecule has 18 heavy (non-hydrogen) atoms. The van der Waals surface area contributed by atoms with Crippen molar-refractivity contribution in [1.29, 1.82) is 0 Å². The number of carbonyl (C=O) groups excluding carboxylic acids is 1. The fourth-order valence-electron chi connectivity index (χ4n) is 1.81. The molecule has 1 aliphatic heterocycles. The quantitative estimate of drug-likeness (QED) is 0.732. The summed E-state index contributed by atoms with van der Waals surface area (Å²) in [6, 6.07) is -0.955. The zero-order valence-corrected chi connectivity index (χ0v) is 10.8. The van der Waals surface area contributed by atoms with Crippen LogP contribution in [0.2, 0.25) is 0 Å². The molecule has 1 heterocycles. The molecule has 7 heteroatoms. The van der Waals surface area contributed by atoms with Crippen molar-refractivity contribution in [2.24, 2.45) is 11.7 Å². The first-order valence-corrected chi connectivity index (χ1v) is 5.81. The molecule has 0 aliphatic carbocycles. The Morgan fingerprint density at radius 2 is 1.89 bits per heavy atom. The first kappa shape index (κ1) is 15.1. The maximum absolute atomic E-state index is 12.7. The van der Waals surface area contributed by atoms with Crippen molar-refractivity contribution in [3.8, 4) is 0 Å². The average Bonchev–Trinajstić information content (AvgIpc) is 2.13. The van der Waals surface area contributed by atoms with Crippen molar-refractivity contribution in [2.45, 2.75) is 45.0 Å². The Labute approximate surface area is 104 Å². The standard InChI is InChI=1S/C11H19F3N2O2/c1-10(2,3)18-9(17)16-5-4-8(15)7(6-16)11(12,13)14/h7-8H,4-6,15H2,1-3H3/t7?,8-/m1/s1. The summed E-state index contributed by atoms with van der Waals surface area (Å²) >= 11 is 0. The van der Waals surface area contributed by atoms with Crippen LogP contribution in [0.15, 0.2) is 0 Å². The van der Waals surface area contributed by atoms with E-state index in [1.165, 1.54) is 0 Å². The van der Waals surface area contributed by atoms with Crippen LogP contribution in [0, 0.1) is 5.92 Å². The van der Waals surface area contributed by atoms with E-state index in [0.29, 0.717) is 0 Å². The van der Waals surface area contributed by atoms with Crippen LogP contribution in [0.1, 0.15) is 27.2 Å². The normalized spacial score (nSPS) is 26.1. The summed E-state index contributed by atoms with van der Waals surface area (Å²) in [5.74, 6) is -1.68. The van der Waals surface area contributed by atoms with E-state index < -0.39 is 36.4 Å². The van der Waals surface area contributed by atoms with E-state index in [-0.39, 0.29) is 13.0 Å². The minimum atomic E-state index is -4.39. The number of halogens is 3.